The smallest absolute Gasteiger partial charge is 0.259 e. The maximum atomic E-state index is 12.3. The molecule has 0 heterocycles. The summed E-state index contributed by atoms with van der Waals surface area (Å²) in [6.45, 7) is 0. The summed E-state index contributed by atoms with van der Waals surface area (Å²) in [5, 5.41) is 3.48. The Morgan fingerprint density at radius 2 is 0.957 bits per heavy atom. The maximum absolute atomic E-state index is 12.3. The van der Waals surface area contributed by atoms with Crippen LogP contribution in [0.1, 0.15) is 0 Å². The van der Waals surface area contributed by atoms with Crippen LogP contribution in [0.5, 0.6) is 0 Å². The van der Waals surface area contributed by atoms with Gasteiger partial charge < -0.3 is 0 Å². The molecule has 3 aromatic rings. The normalized spacial score (nSPS) is 10.1. The number of amides is 1. The number of nitrogens with zero attached hydrogens (tertiary/aromatic N) is 2. The third kappa shape index (κ3) is 3.43. The molecule has 0 atom stereocenters. The van der Waals surface area contributed by atoms with Gasteiger partial charge in [0.1, 0.15) is 0 Å². The second-order valence-electron chi connectivity index (χ2n) is 4.88. The number of hydrogen-bond acceptors (Lipinski definition) is 2. The number of halogens is 1. The van der Waals surface area contributed by atoms with Crippen molar-refractivity contribution in [1.29, 1.82) is 0 Å². The van der Waals surface area contributed by atoms with Gasteiger partial charge in [0.05, 0.1) is 17.1 Å². The topological polar surface area (TPSA) is 23.6 Å². The number of hydrogen-bond donors (Lipinski definition) is 0. The number of carbonyl (C=O) groups excluding carboxylic acids is 1. The molecule has 4 heteroatoms. The Morgan fingerprint density at radius 3 is 1.30 bits per heavy atom. The first-order chi connectivity index (χ1) is 11.3. The fourth-order valence-corrected chi connectivity index (χ4v) is 2.75. The number of anilines is 3. The average molecular weight is 367 g/mol. The molecule has 0 bridgehead atoms. The SMILES string of the molecule is O=C(Br)N(c1ccccc1)N(c1ccccc1)c1ccccc1. The molecule has 0 aromatic heterocycles. The van der Waals surface area contributed by atoms with Crippen LogP contribution in [-0.4, -0.2) is 4.82 Å². The number of rotatable bonds is 4. The van der Waals surface area contributed by atoms with Gasteiger partial charge in [0.15, 0.2) is 0 Å². The van der Waals surface area contributed by atoms with Crippen LogP contribution in [0.3, 0.4) is 0 Å². The van der Waals surface area contributed by atoms with Crippen molar-refractivity contribution in [2.24, 2.45) is 0 Å². The molecule has 23 heavy (non-hydrogen) atoms. The van der Waals surface area contributed by atoms with Gasteiger partial charge in [-0.25, -0.2) is 10.0 Å². The molecular formula is C19H15BrN2O. The summed E-state index contributed by atoms with van der Waals surface area (Å²) in [6.07, 6.45) is 0. The Balaban J connectivity index is 2.15. The van der Waals surface area contributed by atoms with Gasteiger partial charge in [0, 0.05) is 15.9 Å². The minimum atomic E-state index is -0.239. The van der Waals surface area contributed by atoms with Gasteiger partial charge in [-0.1, -0.05) is 54.6 Å². The van der Waals surface area contributed by atoms with E-state index in [4.69, 9.17) is 0 Å². The highest BCUT2D eigenvalue weighted by molar-refractivity contribution is 9.18. The van der Waals surface area contributed by atoms with E-state index >= 15 is 0 Å². The van der Waals surface area contributed by atoms with Crippen LogP contribution >= 0.6 is 15.9 Å². The first-order valence-corrected chi connectivity index (χ1v) is 8.01. The maximum Gasteiger partial charge on any atom is 0.313 e. The van der Waals surface area contributed by atoms with Crippen LogP contribution in [0, 0.1) is 0 Å². The van der Waals surface area contributed by atoms with E-state index in [1.165, 1.54) is 0 Å². The molecule has 3 aromatic carbocycles. The molecule has 1 amide bonds. The van der Waals surface area contributed by atoms with Gasteiger partial charge in [-0.2, -0.15) is 0 Å². The highest BCUT2D eigenvalue weighted by Crippen LogP contribution is 2.31. The molecule has 0 aliphatic heterocycles. The van der Waals surface area contributed by atoms with E-state index < -0.39 is 0 Å². The van der Waals surface area contributed by atoms with Gasteiger partial charge in [-0.3, -0.25) is 4.79 Å². The van der Waals surface area contributed by atoms with Gasteiger partial charge in [0.25, 0.3) is 0 Å². The van der Waals surface area contributed by atoms with Gasteiger partial charge >= 0.3 is 4.82 Å². The van der Waals surface area contributed by atoms with Crippen molar-refractivity contribution >= 4 is 37.8 Å². The van der Waals surface area contributed by atoms with Crippen LogP contribution < -0.4 is 10.0 Å². The highest BCUT2D eigenvalue weighted by atomic mass is 79.9. The van der Waals surface area contributed by atoms with Crippen LogP contribution in [0.25, 0.3) is 0 Å². The third-order valence-corrected chi connectivity index (χ3v) is 3.70. The average Bonchev–Trinajstić information content (AvgIpc) is 2.61. The summed E-state index contributed by atoms with van der Waals surface area (Å²) >= 11 is 3.12. The second kappa shape index (κ2) is 7.11. The van der Waals surface area contributed by atoms with Crippen LogP contribution in [-0.2, 0) is 0 Å². The van der Waals surface area contributed by atoms with E-state index in [0.29, 0.717) is 0 Å². The highest BCUT2D eigenvalue weighted by Gasteiger charge is 2.23. The molecule has 114 valence electrons. The number of carbonyl (C=O) groups is 1. The van der Waals surface area contributed by atoms with E-state index in [0.717, 1.165) is 17.1 Å². The van der Waals surface area contributed by atoms with Gasteiger partial charge in [-0.15, -0.1) is 0 Å². The van der Waals surface area contributed by atoms with Crippen molar-refractivity contribution in [3.05, 3.63) is 91.0 Å². The van der Waals surface area contributed by atoms with Crippen molar-refractivity contribution in [1.82, 2.24) is 0 Å². The Kier molecular flexibility index (Phi) is 4.74. The van der Waals surface area contributed by atoms with Crippen molar-refractivity contribution in [2.75, 3.05) is 10.0 Å². The van der Waals surface area contributed by atoms with Crippen LogP contribution in [0.15, 0.2) is 91.0 Å². The Bertz CT molecular complexity index is 724. The summed E-state index contributed by atoms with van der Waals surface area (Å²) in [5.41, 5.74) is 2.58. The molecule has 3 rings (SSSR count). The van der Waals surface area contributed by atoms with Gasteiger partial charge in [-0.05, 0) is 36.4 Å². The predicted octanol–water partition coefficient (Wildman–Crippen LogP) is 5.76. The molecule has 0 aliphatic rings. The Hall–Kier alpha value is -2.59. The first kappa shape index (κ1) is 15.3. The standard InChI is InChI=1S/C19H15BrN2O/c20-19(23)22(18-14-8-3-9-15-18)21(16-10-4-1-5-11-16)17-12-6-2-7-13-17/h1-15H. The fourth-order valence-electron chi connectivity index (χ4n) is 2.38. The Labute approximate surface area is 143 Å². The summed E-state index contributed by atoms with van der Waals surface area (Å²) in [4.78, 5) is 12.1. The van der Waals surface area contributed by atoms with E-state index in [-0.39, 0.29) is 4.82 Å². The third-order valence-electron chi connectivity index (χ3n) is 3.37. The van der Waals surface area contributed by atoms with Crippen LogP contribution in [0.2, 0.25) is 0 Å². The first-order valence-electron chi connectivity index (χ1n) is 7.22. The molecule has 0 radical (unpaired) electrons. The number of para-hydroxylation sites is 3. The molecule has 0 saturated carbocycles. The molecular weight excluding hydrogens is 352 g/mol. The summed E-state index contributed by atoms with van der Waals surface area (Å²) in [6, 6.07) is 29.1. The summed E-state index contributed by atoms with van der Waals surface area (Å²) in [7, 11) is 0. The molecule has 0 saturated heterocycles. The van der Waals surface area contributed by atoms with Crippen molar-refractivity contribution < 1.29 is 4.79 Å². The molecule has 0 spiro atoms. The largest absolute Gasteiger partial charge is 0.313 e. The molecule has 0 N–H and O–H groups in total. The summed E-state index contributed by atoms with van der Waals surface area (Å²) in [5.74, 6) is 0. The van der Waals surface area contributed by atoms with E-state index in [1.807, 2.05) is 96.0 Å². The molecule has 0 unspecified atom stereocenters. The van der Waals surface area contributed by atoms with Crippen molar-refractivity contribution in [3.63, 3.8) is 0 Å². The predicted molar refractivity (Wildman–Crippen MR) is 98.3 cm³/mol. The fraction of sp³-hybridized carbons (Fsp3) is 0. The lowest BCUT2D eigenvalue weighted by Gasteiger charge is -2.35. The number of benzene rings is 3. The zero-order valence-electron chi connectivity index (χ0n) is 12.3. The molecule has 3 nitrogen and oxygen atoms in total. The minimum Gasteiger partial charge on any atom is -0.259 e. The zero-order chi connectivity index (χ0) is 16.1. The van der Waals surface area contributed by atoms with E-state index in [9.17, 15) is 4.79 Å². The minimum absolute atomic E-state index is 0.239. The van der Waals surface area contributed by atoms with Gasteiger partial charge in [0.2, 0.25) is 0 Å². The quantitative estimate of drug-likeness (QED) is 0.332. The van der Waals surface area contributed by atoms with E-state index in [1.54, 1.807) is 5.01 Å². The lowest BCUT2D eigenvalue weighted by Crippen LogP contribution is -2.41. The lowest BCUT2D eigenvalue weighted by molar-refractivity contribution is 0.266. The van der Waals surface area contributed by atoms with Crippen molar-refractivity contribution in [2.45, 2.75) is 0 Å². The second-order valence-corrected chi connectivity index (χ2v) is 5.56. The van der Waals surface area contributed by atoms with E-state index in [2.05, 4.69) is 15.9 Å². The molecule has 0 fully saturated rings. The summed E-state index contributed by atoms with van der Waals surface area (Å²) < 4.78 is 0. The Morgan fingerprint density at radius 1 is 0.609 bits per heavy atom. The monoisotopic (exact) mass is 366 g/mol. The van der Waals surface area contributed by atoms with Crippen LogP contribution in [0.4, 0.5) is 21.9 Å². The van der Waals surface area contributed by atoms with Crippen molar-refractivity contribution in [3.8, 4) is 0 Å². The number of hydrazine groups is 1. The molecule has 0 aliphatic carbocycles. The zero-order valence-corrected chi connectivity index (χ0v) is 13.9. The lowest BCUT2D eigenvalue weighted by atomic mass is 10.2.